The molecule has 0 spiro atoms. The van der Waals surface area contributed by atoms with Crippen LogP contribution in [-0.2, 0) is 6.54 Å². The Morgan fingerprint density at radius 2 is 2.24 bits per heavy atom. The number of rotatable bonds is 5. The van der Waals surface area contributed by atoms with Crippen molar-refractivity contribution in [2.24, 2.45) is 11.8 Å². The average molecular weight is 308 g/mol. The average Bonchev–Trinajstić information content (AvgIpc) is 3.18. The van der Waals surface area contributed by atoms with Crippen LogP contribution in [0, 0.1) is 18.8 Å². The molecule has 1 saturated carbocycles. The first-order valence-electron chi connectivity index (χ1n) is 8.36. The predicted octanol–water partition coefficient (Wildman–Crippen LogP) is 3.44. The third kappa shape index (κ3) is 3.66. The summed E-state index contributed by atoms with van der Waals surface area (Å²) in [6.45, 7) is 12.5. The monoisotopic (exact) mass is 307 g/mol. The topological polar surface area (TPSA) is 28.2 Å². The van der Waals surface area contributed by atoms with Crippen molar-refractivity contribution < 1.29 is 0 Å². The van der Waals surface area contributed by atoms with Gasteiger partial charge in [0.15, 0.2) is 0 Å². The van der Waals surface area contributed by atoms with Crippen LogP contribution in [0.5, 0.6) is 0 Å². The van der Waals surface area contributed by atoms with Crippen LogP contribution < -0.4 is 5.32 Å². The Hall–Kier alpha value is -0.450. The van der Waals surface area contributed by atoms with Gasteiger partial charge in [-0.05, 0) is 44.9 Å². The van der Waals surface area contributed by atoms with Crippen LogP contribution in [0.4, 0.5) is 0 Å². The zero-order valence-electron chi connectivity index (χ0n) is 13.9. The normalized spacial score (nSPS) is 31.0. The highest BCUT2D eigenvalue weighted by atomic mass is 32.1. The Kier molecular flexibility index (Phi) is 4.40. The van der Waals surface area contributed by atoms with Gasteiger partial charge in [0.2, 0.25) is 0 Å². The van der Waals surface area contributed by atoms with Gasteiger partial charge in [-0.1, -0.05) is 13.8 Å². The number of nitrogens with one attached hydrogen (secondary N) is 1. The number of hydrogen-bond acceptors (Lipinski definition) is 4. The van der Waals surface area contributed by atoms with E-state index in [1.807, 2.05) is 0 Å². The first-order valence-corrected chi connectivity index (χ1v) is 9.24. The SMILES string of the molecule is Cc1nc(CN2CC(C)(C3CC3)NCC2CC(C)C)cs1. The van der Waals surface area contributed by atoms with E-state index in [-0.39, 0.29) is 0 Å². The van der Waals surface area contributed by atoms with Crippen LogP contribution >= 0.6 is 11.3 Å². The molecule has 1 aliphatic carbocycles. The van der Waals surface area contributed by atoms with E-state index in [2.05, 4.69) is 48.3 Å². The summed E-state index contributed by atoms with van der Waals surface area (Å²) in [5.41, 5.74) is 1.57. The van der Waals surface area contributed by atoms with Gasteiger partial charge >= 0.3 is 0 Å². The number of aryl methyl sites for hydroxylation is 1. The molecule has 0 aromatic carbocycles. The maximum Gasteiger partial charge on any atom is 0.0897 e. The van der Waals surface area contributed by atoms with Gasteiger partial charge in [0.25, 0.3) is 0 Å². The van der Waals surface area contributed by atoms with Crippen LogP contribution in [0.3, 0.4) is 0 Å². The van der Waals surface area contributed by atoms with Gasteiger partial charge in [-0.3, -0.25) is 4.90 Å². The summed E-state index contributed by atoms with van der Waals surface area (Å²) >= 11 is 1.77. The molecule has 3 rings (SSSR count). The Morgan fingerprint density at radius 1 is 1.48 bits per heavy atom. The fraction of sp³-hybridized carbons (Fsp3) is 0.824. The standard InChI is InChI=1S/C17H29N3S/c1-12(2)7-16-8-18-17(4,14-5-6-14)11-20(16)9-15-10-21-13(3)19-15/h10,12,14,16,18H,5-9,11H2,1-4H3. The highest BCUT2D eigenvalue weighted by Crippen LogP contribution is 2.42. The maximum atomic E-state index is 4.68. The van der Waals surface area contributed by atoms with Crippen LogP contribution in [0.2, 0.25) is 0 Å². The Balaban J connectivity index is 1.72. The summed E-state index contributed by atoms with van der Waals surface area (Å²) in [6, 6.07) is 0.652. The lowest BCUT2D eigenvalue weighted by Gasteiger charge is -2.47. The highest BCUT2D eigenvalue weighted by Gasteiger charge is 2.46. The van der Waals surface area contributed by atoms with Crippen LogP contribution in [0.1, 0.15) is 50.7 Å². The van der Waals surface area contributed by atoms with Crippen molar-refractivity contribution in [2.75, 3.05) is 13.1 Å². The molecule has 1 aromatic heterocycles. The minimum Gasteiger partial charge on any atom is -0.308 e. The minimum absolute atomic E-state index is 0.318. The molecule has 0 amide bonds. The van der Waals surface area contributed by atoms with Crippen molar-refractivity contribution in [3.8, 4) is 0 Å². The smallest absolute Gasteiger partial charge is 0.0897 e. The largest absolute Gasteiger partial charge is 0.308 e. The minimum atomic E-state index is 0.318. The van der Waals surface area contributed by atoms with Crippen LogP contribution in [0.25, 0.3) is 0 Å². The summed E-state index contributed by atoms with van der Waals surface area (Å²) in [7, 11) is 0. The Labute approximate surface area is 133 Å². The van der Waals surface area contributed by atoms with Crippen molar-refractivity contribution in [2.45, 2.75) is 65.1 Å². The summed E-state index contributed by atoms with van der Waals surface area (Å²) in [6.07, 6.45) is 4.08. The molecule has 1 aliphatic heterocycles. The number of piperazine rings is 1. The molecule has 3 nitrogen and oxygen atoms in total. The molecular weight excluding hydrogens is 278 g/mol. The van der Waals surface area contributed by atoms with Crippen LogP contribution in [0.15, 0.2) is 5.38 Å². The summed E-state index contributed by atoms with van der Waals surface area (Å²) in [4.78, 5) is 7.38. The van der Waals surface area contributed by atoms with E-state index in [0.717, 1.165) is 24.9 Å². The summed E-state index contributed by atoms with van der Waals surface area (Å²) in [5, 5.41) is 7.29. The van der Waals surface area contributed by atoms with E-state index in [9.17, 15) is 0 Å². The molecule has 1 aromatic rings. The van der Waals surface area contributed by atoms with E-state index >= 15 is 0 Å². The second-order valence-electron chi connectivity index (χ2n) is 7.62. The van der Waals surface area contributed by atoms with Gasteiger partial charge in [-0.25, -0.2) is 4.98 Å². The van der Waals surface area contributed by atoms with Gasteiger partial charge in [0.05, 0.1) is 10.7 Å². The maximum absolute atomic E-state index is 4.68. The first kappa shape index (κ1) is 15.4. The number of thiazole rings is 1. The second kappa shape index (κ2) is 5.98. The van der Waals surface area contributed by atoms with Gasteiger partial charge in [-0.15, -0.1) is 11.3 Å². The molecule has 2 atom stereocenters. The quantitative estimate of drug-likeness (QED) is 0.903. The second-order valence-corrected chi connectivity index (χ2v) is 8.68. The van der Waals surface area contributed by atoms with Crippen molar-refractivity contribution >= 4 is 11.3 Å². The number of nitrogens with zero attached hydrogens (tertiary/aromatic N) is 2. The molecule has 0 bridgehead atoms. The molecule has 2 unspecified atom stereocenters. The molecule has 0 radical (unpaired) electrons. The third-order valence-corrected chi connectivity index (χ3v) is 5.87. The number of hydrogen-bond donors (Lipinski definition) is 1. The van der Waals surface area contributed by atoms with E-state index in [0.29, 0.717) is 11.6 Å². The highest BCUT2D eigenvalue weighted by molar-refractivity contribution is 7.09. The first-order chi connectivity index (χ1) is 9.96. The van der Waals surface area contributed by atoms with Crippen LogP contribution in [-0.4, -0.2) is 34.6 Å². The lowest BCUT2D eigenvalue weighted by Crippen LogP contribution is -2.63. The van der Waals surface area contributed by atoms with E-state index in [1.54, 1.807) is 11.3 Å². The molecule has 2 heterocycles. The van der Waals surface area contributed by atoms with Gasteiger partial charge < -0.3 is 5.32 Å². The molecule has 21 heavy (non-hydrogen) atoms. The Bertz CT molecular complexity index is 480. The van der Waals surface area contributed by atoms with Gasteiger partial charge in [-0.2, -0.15) is 0 Å². The fourth-order valence-electron chi connectivity index (χ4n) is 3.73. The predicted molar refractivity (Wildman–Crippen MR) is 89.6 cm³/mol. The van der Waals surface area contributed by atoms with Crippen molar-refractivity contribution in [3.05, 3.63) is 16.1 Å². The van der Waals surface area contributed by atoms with Crippen molar-refractivity contribution in [1.82, 2.24) is 15.2 Å². The summed E-state index contributed by atoms with van der Waals surface area (Å²) < 4.78 is 0. The Morgan fingerprint density at radius 3 is 2.81 bits per heavy atom. The zero-order chi connectivity index (χ0) is 15.0. The van der Waals surface area contributed by atoms with Crippen molar-refractivity contribution in [3.63, 3.8) is 0 Å². The molecular formula is C17H29N3S. The van der Waals surface area contributed by atoms with Gasteiger partial charge in [0, 0.05) is 36.6 Å². The lowest BCUT2D eigenvalue weighted by molar-refractivity contribution is 0.0573. The zero-order valence-corrected chi connectivity index (χ0v) is 14.7. The molecule has 2 fully saturated rings. The lowest BCUT2D eigenvalue weighted by atomic mass is 9.88. The number of aromatic nitrogens is 1. The summed E-state index contributed by atoms with van der Waals surface area (Å²) in [5.74, 6) is 1.64. The molecule has 1 saturated heterocycles. The fourth-order valence-corrected chi connectivity index (χ4v) is 4.34. The molecule has 118 valence electrons. The third-order valence-electron chi connectivity index (χ3n) is 5.04. The van der Waals surface area contributed by atoms with E-state index in [4.69, 9.17) is 0 Å². The van der Waals surface area contributed by atoms with Gasteiger partial charge in [0.1, 0.15) is 0 Å². The molecule has 1 N–H and O–H groups in total. The molecule has 4 heteroatoms. The van der Waals surface area contributed by atoms with E-state index < -0.39 is 0 Å². The van der Waals surface area contributed by atoms with E-state index in [1.165, 1.54) is 36.5 Å². The molecule has 2 aliphatic rings. The van der Waals surface area contributed by atoms with Crippen molar-refractivity contribution in [1.29, 1.82) is 0 Å².